The zero-order chi connectivity index (χ0) is 20.9. The average molecular weight is 421 g/mol. The average Bonchev–Trinajstić information content (AvgIpc) is 3.43. The first kappa shape index (κ1) is 20.2. The highest BCUT2D eigenvalue weighted by atomic mass is 32.1. The van der Waals surface area contributed by atoms with Crippen molar-refractivity contribution in [2.45, 2.75) is 18.9 Å². The Balaban J connectivity index is 1.49. The predicted octanol–water partition coefficient (Wildman–Crippen LogP) is 5.25. The SMILES string of the molecule is C=CCOc1ccc(/C=C/C(=O)N2CCCC2c2nc3ccccc3s2)cc1OC. The van der Waals surface area contributed by atoms with E-state index in [0.29, 0.717) is 18.1 Å². The van der Waals surface area contributed by atoms with Crippen LogP contribution in [0.2, 0.25) is 0 Å². The Morgan fingerprint density at radius 3 is 2.97 bits per heavy atom. The molecular weight excluding hydrogens is 396 g/mol. The van der Waals surface area contributed by atoms with E-state index < -0.39 is 0 Å². The minimum Gasteiger partial charge on any atom is -0.493 e. The zero-order valence-electron chi connectivity index (χ0n) is 16.9. The number of rotatable bonds is 7. The summed E-state index contributed by atoms with van der Waals surface area (Å²) in [7, 11) is 1.60. The molecule has 154 valence electrons. The Kier molecular flexibility index (Phi) is 6.14. The van der Waals surface area contributed by atoms with Gasteiger partial charge in [0.2, 0.25) is 5.91 Å². The van der Waals surface area contributed by atoms with E-state index in [2.05, 4.69) is 12.6 Å². The van der Waals surface area contributed by atoms with Crippen LogP contribution in [-0.2, 0) is 4.79 Å². The van der Waals surface area contributed by atoms with Gasteiger partial charge in [0.1, 0.15) is 11.6 Å². The molecule has 0 radical (unpaired) electrons. The molecule has 1 saturated heterocycles. The Labute approximate surface area is 180 Å². The molecule has 4 rings (SSSR count). The molecule has 6 heteroatoms. The van der Waals surface area contributed by atoms with Crippen molar-refractivity contribution in [2.75, 3.05) is 20.3 Å². The van der Waals surface area contributed by atoms with Gasteiger partial charge in [-0.3, -0.25) is 4.79 Å². The van der Waals surface area contributed by atoms with Gasteiger partial charge in [-0.05, 0) is 48.7 Å². The summed E-state index contributed by atoms with van der Waals surface area (Å²) < 4.78 is 12.1. The summed E-state index contributed by atoms with van der Waals surface area (Å²) in [5.74, 6) is 1.28. The summed E-state index contributed by atoms with van der Waals surface area (Å²) >= 11 is 1.68. The summed E-state index contributed by atoms with van der Waals surface area (Å²) in [6.45, 7) is 4.81. The molecule has 0 bridgehead atoms. The molecule has 1 unspecified atom stereocenters. The Hall–Kier alpha value is -3.12. The number of carbonyl (C=O) groups excluding carboxylic acids is 1. The minimum absolute atomic E-state index is 0.00251. The van der Waals surface area contributed by atoms with Gasteiger partial charge in [-0.15, -0.1) is 11.3 Å². The predicted molar refractivity (Wildman–Crippen MR) is 121 cm³/mol. The van der Waals surface area contributed by atoms with Crippen molar-refractivity contribution in [3.05, 3.63) is 71.8 Å². The molecule has 1 fully saturated rings. The van der Waals surface area contributed by atoms with Crippen molar-refractivity contribution in [3.63, 3.8) is 0 Å². The molecule has 1 aliphatic rings. The number of hydrogen-bond donors (Lipinski definition) is 0. The highest BCUT2D eigenvalue weighted by Crippen LogP contribution is 2.36. The Morgan fingerprint density at radius 1 is 1.30 bits per heavy atom. The van der Waals surface area contributed by atoms with Crippen molar-refractivity contribution in [1.29, 1.82) is 0 Å². The number of para-hydroxylation sites is 1. The molecule has 1 aromatic heterocycles. The van der Waals surface area contributed by atoms with E-state index in [-0.39, 0.29) is 11.9 Å². The van der Waals surface area contributed by atoms with Gasteiger partial charge in [-0.1, -0.05) is 30.9 Å². The van der Waals surface area contributed by atoms with Crippen molar-refractivity contribution in [1.82, 2.24) is 9.88 Å². The fraction of sp³-hybridized carbons (Fsp3) is 0.250. The maximum atomic E-state index is 12.9. The van der Waals surface area contributed by atoms with Gasteiger partial charge in [0, 0.05) is 12.6 Å². The third-order valence-electron chi connectivity index (χ3n) is 5.09. The molecule has 2 aromatic carbocycles. The van der Waals surface area contributed by atoms with Crippen LogP contribution in [0.3, 0.4) is 0 Å². The molecule has 3 aromatic rings. The van der Waals surface area contributed by atoms with Crippen molar-refractivity contribution in [2.24, 2.45) is 0 Å². The first-order valence-electron chi connectivity index (χ1n) is 9.95. The van der Waals surface area contributed by atoms with Crippen molar-refractivity contribution in [3.8, 4) is 11.5 Å². The van der Waals surface area contributed by atoms with E-state index in [1.165, 1.54) is 0 Å². The van der Waals surface area contributed by atoms with Gasteiger partial charge in [0.25, 0.3) is 0 Å². The van der Waals surface area contributed by atoms with E-state index >= 15 is 0 Å². The Bertz CT molecular complexity index is 1060. The molecule has 30 heavy (non-hydrogen) atoms. The van der Waals surface area contributed by atoms with E-state index in [0.717, 1.165) is 40.2 Å². The number of amides is 1. The van der Waals surface area contributed by atoms with Gasteiger partial charge >= 0.3 is 0 Å². The lowest BCUT2D eigenvalue weighted by Crippen LogP contribution is -2.28. The van der Waals surface area contributed by atoms with E-state index in [1.54, 1.807) is 30.6 Å². The third-order valence-corrected chi connectivity index (χ3v) is 6.23. The molecule has 1 aliphatic heterocycles. The fourth-order valence-electron chi connectivity index (χ4n) is 3.64. The second-order valence-corrected chi connectivity index (χ2v) is 8.12. The molecule has 2 heterocycles. The highest BCUT2D eigenvalue weighted by molar-refractivity contribution is 7.18. The number of nitrogens with zero attached hydrogens (tertiary/aromatic N) is 2. The normalized spacial score (nSPS) is 16.3. The van der Waals surface area contributed by atoms with Crippen LogP contribution >= 0.6 is 11.3 Å². The van der Waals surface area contributed by atoms with Gasteiger partial charge in [-0.25, -0.2) is 4.98 Å². The first-order chi connectivity index (χ1) is 14.7. The molecule has 1 atom stereocenters. The summed E-state index contributed by atoms with van der Waals surface area (Å²) in [5, 5.41) is 1.01. The molecule has 1 amide bonds. The van der Waals surface area contributed by atoms with Crippen LogP contribution < -0.4 is 9.47 Å². The van der Waals surface area contributed by atoms with Gasteiger partial charge < -0.3 is 14.4 Å². The minimum atomic E-state index is 0.00251. The molecule has 0 saturated carbocycles. The molecule has 0 spiro atoms. The maximum Gasteiger partial charge on any atom is 0.247 e. The Morgan fingerprint density at radius 2 is 2.17 bits per heavy atom. The first-order valence-corrected chi connectivity index (χ1v) is 10.8. The second kappa shape index (κ2) is 9.13. The highest BCUT2D eigenvalue weighted by Gasteiger charge is 2.31. The van der Waals surface area contributed by atoms with Crippen LogP contribution in [0.4, 0.5) is 0 Å². The van der Waals surface area contributed by atoms with Gasteiger partial charge in [0.05, 0.1) is 23.4 Å². The summed E-state index contributed by atoms with van der Waals surface area (Å²) in [6.07, 6.45) is 7.07. The number of carbonyl (C=O) groups is 1. The lowest BCUT2D eigenvalue weighted by atomic mass is 10.1. The monoisotopic (exact) mass is 420 g/mol. The van der Waals surface area contributed by atoms with Gasteiger partial charge in [0.15, 0.2) is 11.5 Å². The van der Waals surface area contributed by atoms with Crippen molar-refractivity contribution >= 4 is 33.5 Å². The molecule has 0 aliphatic carbocycles. The summed E-state index contributed by atoms with van der Waals surface area (Å²) in [5.41, 5.74) is 1.88. The number of thiazole rings is 1. The summed E-state index contributed by atoms with van der Waals surface area (Å²) in [4.78, 5) is 19.6. The van der Waals surface area contributed by atoms with E-state index in [1.807, 2.05) is 47.4 Å². The number of ether oxygens (including phenoxy) is 2. The molecular formula is C24H24N2O3S. The van der Waals surface area contributed by atoms with Crippen LogP contribution in [0.25, 0.3) is 16.3 Å². The quantitative estimate of drug-likeness (QED) is 0.387. The largest absolute Gasteiger partial charge is 0.493 e. The number of benzene rings is 2. The van der Waals surface area contributed by atoms with E-state index in [9.17, 15) is 4.79 Å². The lowest BCUT2D eigenvalue weighted by molar-refractivity contribution is -0.126. The fourth-order valence-corrected chi connectivity index (χ4v) is 4.75. The maximum absolute atomic E-state index is 12.9. The smallest absolute Gasteiger partial charge is 0.247 e. The third kappa shape index (κ3) is 4.24. The second-order valence-electron chi connectivity index (χ2n) is 7.05. The number of likely N-dealkylation sites (tertiary alicyclic amines) is 1. The van der Waals surface area contributed by atoms with E-state index in [4.69, 9.17) is 14.5 Å². The topological polar surface area (TPSA) is 51.7 Å². The van der Waals surface area contributed by atoms with Crippen LogP contribution in [0, 0.1) is 0 Å². The van der Waals surface area contributed by atoms with Crippen LogP contribution in [0.5, 0.6) is 11.5 Å². The number of methoxy groups -OCH3 is 1. The van der Waals surface area contributed by atoms with Gasteiger partial charge in [-0.2, -0.15) is 0 Å². The van der Waals surface area contributed by atoms with Crippen LogP contribution in [-0.4, -0.2) is 36.1 Å². The zero-order valence-corrected chi connectivity index (χ0v) is 17.7. The number of hydrogen-bond acceptors (Lipinski definition) is 5. The standard InChI is InChI=1S/C24H24N2O3S/c1-3-15-29-20-12-10-17(16-21(20)28-2)11-13-23(27)26-14-6-8-19(26)24-25-18-7-4-5-9-22(18)30-24/h3-5,7,9-13,16,19H,1,6,8,14-15H2,2H3/b13-11+. The van der Waals surface area contributed by atoms with Crippen molar-refractivity contribution < 1.29 is 14.3 Å². The molecule has 0 N–H and O–H groups in total. The number of aromatic nitrogens is 1. The lowest BCUT2D eigenvalue weighted by Gasteiger charge is -2.21. The summed E-state index contributed by atoms with van der Waals surface area (Å²) in [6, 6.07) is 13.8. The number of fused-ring (bicyclic) bond motifs is 1. The van der Waals surface area contributed by atoms with Crippen LogP contribution in [0.15, 0.2) is 61.2 Å². The van der Waals surface area contributed by atoms with Crippen LogP contribution in [0.1, 0.15) is 29.5 Å². The molecule has 5 nitrogen and oxygen atoms in total.